The summed E-state index contributed by atoms with van der Waals surface area (Å²) in [6.07, 6.45) is 17.2. The molecule has 0 amide bonds. The largest absolute Gasteiger partial charge is 0.497 e. The van der Waals surface area contributed by atoms with E-state index in [2.05, 4.69) is 28.5 Å². The molecule has 5 rings (SSSR count). The molecule has 1 atom stereocenters. The van der Waals surface area contributed by atoms with E-state index in [0.29, 0.717) is 5.92 Å². The van der Waals surface area contributed by atoms with Gasteiger partial charge in [0, 0.05) is 24.2 Å². The molecule has 0 radical (unpaired) electrons. The van der Waals surface area contributed by atoms with Crippen LogP contribution in [0.15, 0.2) is 24.4 Å². The Balaban J connectivity index is 1.17. The normalized spacial score (nSPS) is 23.3. The molecule has 0 bridgehead atoms. The van der Waals surface area contributed by atoms with E-state index < -0.39 is 0 Å². The molecule has 4 heteroatoms. The van der Waals surface area contributed by atoms with Gasteiger partial charge in [0.25, 0.3) is 0 Å². The van der Waals surface area contributed by atoms with Crippen LogP contribution in [-0.2, 0) is 6.42 Å². The zero-order valence-corrected chi connectivity index (χ0v) is 20.0. The van der Waals surface area contributed by atoms with E-state index in [4.69, 9.17) is 9.72 Å². The van der Waals surface area contributed by atoms with Crippen LogP contribution in [0.2, 0.25) is 0 Å². The quantitative estimate of drug-likeness (QED) is 0.606. The highest BCUT2D eigenvalue weighted by Crippen LogP contribution is 2.38. The molecule has 174 valence electrons. The molecule has 2 aromatic rings. The second-order valence-electron chi connectivity index (χ2n) is 10.5. The van der Waals surface area contributed by atoms with Gasteiger partial charge in [-0.2, -0.15) is 0 Å². The molecule has 1 saturated heterocycles. The SMILES string of the molecule is COc1ccc2ncc3c(c2c1)C(CN1CCC(NCCC2CCCCC2)CC1)CCC3. The maximum absolute atomic E-state index is 5.54. The summed E-state index contributed by atoms with van der Waals surface area (Å²) in [5.41, 5.74) is 4.12. The summed E-state index contributed by atoms with van der Waals surface area (Å²) in [7, 11) is 1.76. The topological polar surface area (TPSA) is 37.4 Å². The number of aryl methyl sites for hydroxylation is 1. The van der Waals surface area contributed by atoms with Crippen LogP contribution in [0.1, 0.15) is 81.3 Å². The Morgan fingerprint density at radius 1 is 1.03 bits per heavy atom. The lowest BCUT2D eigenvalue weighted by Crippen LogP contribution is -2.44. The number of rotatable bonds is 7. The van der Waals surface area contributed by atoms with Crippen molar-refractivity contribution in [3.63, 3.8) is 0 Å². The Kier molecular flexibility index (Phi) is 7.29. The average molecular weight is 436 g/mol. The van der Waals surface area contributed by atoms with Crippen molar-refractivity contribution in [3.8, 4) is 5.75 Å². The smallest absolute Gasteiger partial charge is 0.119 e. The van der Waals surface area contributed by atoms with Crippen molar-refractivity contribution >= 4 is 10.9 Å². The highest BCUT2D eigenvalue weighted by molar-refractivity contribution is 5.85. The van der Waals surface area contributed by atoms with Crippen LogP contribution >= 0.6 is 0 Å². The van der Waals surface area contributed by atoms with E-state index in [-0.39, 0.29) is 0 Å². The van der Waals surface area contributed by atoms with E-state index in [9.17, 15) is 0 Å². The number of pyridine rings is 1. The number of benzene rings is 1. The first-order valence-corrected chi connectivity index (χ1v) is 13.2. The van der Waals surface area contributed by atoms with E-state index >= 15 is 0 Å². The summed E-state index contributed by atoms with van der Waals surface area (Å²) in [5, 5.41) is 5.21. The fraction of sp³-hybridized carbons (Fsp3) is 0.679. The molecule has 2 heterocycles. The molecule has 3 aliphatic rings. The molecule has 1 aromatic carbocycles. The van der Waals surface area contributed by atoms with E-state index in [1.54, 1.807) is 12.7 Å². The van der Waals surface area contributed by atoms with E-state index in [1.807, 2.05) is 6.07 Å². The number of nitrogens with zero attached hydrogens (tertiary/aromatic N) is 2. The summed E-state index contributed by atoms with van der Waals surface area (Å²) in [5.74, 6) is 2.55. The summed E-state index contributed by atoms with van der Waals surface area (Å²) in [6.45, 7) is 4.89. The second-order valence-corrected chi connectivity index (χ2v) is 10.5. The minimum absolute atomic E-state index is 0.618. The van der Waals surface area contributed by atoms with Gasteiger partial charge in [-0.15, -0.1) is 0 Å². The van der Waals surface area contributed by atoms with Crippen LogP contribution in [0.25, 0.3) is 10.9 Å². The fourth-order valence-corrected chi connectivity index (χ4v) is 6.51. The van der Waals surface area contributed by atoms with Crippen LogP contribution in [0.3, 0.4) is 0 Å². The molecule has 32 heavy (non-hydrogen) atoms. The molecule has 1 N–H and O–H groups in total. The van der Waals surface area contributed by atoms with Crippen LogP contribution in [0.4, 0.5) is 0 Å². The molecule has 1 aromatic heterocycles. The number of hydrogen-bond donors (Lipinski definition) is 1. The third kappa shape index (κ3) is 5.12. The van der Waals surface area contributed by atoms with Gasteiger partial charge in [-0.3, -0.25) is 4.98 Å². The fourth-order valence-electron chi connectivity index (χ4n) is 6.51. The number of nitrogens with one attached hydrogen (secondary N) is 1. The monoisotopic (exact) mass is 435 g/mol. The van der Waals surface area contributed by atoms with Crippen molar-refractivity contribution in [1.29, 1.82) is 0 Å². The highest BCUT2D eigenvalue weighted by Gasteiger charge is 2.27. The highest BCUT2D eigenvalue weighted by atomic mass is 16.5. The molecule has 1 aliphatic heterocycles. The predicted molar refractivity (Wildman–Crippen MR) is 133 cm³/mol. The van der Waals surface area contributed by atoms with Crippen molar-refractivity contribution in [2.24, 2.45) is 5.92 Å². The zero-order valence-electron chi connectivity index (χ0n) is 20.0. The van der Waals surface area contributed by atoms with Gasteiger partial charge in [0.05, 0.1) is 12.6 Å². The molecule has 2 aliphatic carbocycles. The van der Waals surface area contributed by atoms with E-state index in [1.165, 1.54) is 108 Å². The van der Waals surface area contributed by atoms with Crippen LogP contribution in [0, 0.1) is 5.92 Å². The van der Waals surface area contributed by atoms with Crippen LogP contribution in [0.5, 0.6) is 5.75 Å². The number of methoxy groups -OCH3 is 1. The molecular weight excluding hydrogens is 394 g/mol. The molecular formula is C28H41N3O. The molecule has 2 fully saturated rings. The molecule has 4 nitrogen and oxygen atoms in total. The minimum atomic E-state index is 0.618. The van der Waals surface area contributed by atoms with Crippen molar-refractivity contribution < 1.29 is 4.74 Å². The van der Waals surface area contributed by atoms with Gasteiger partial charge < -0.3 is 15.0 Å². The summed E-state index contributed by atoms with van der Waals surface area (Å²) in [4.78, 5) is 7.47. The van der Waals surface area contributed by atoms with Crippen LogP contribution in [-0.4, -0.2) is 49.2 Å². The van der Waals surface area contributed by atoms with Crippen LogP contribution < -0.4 is 10.1 Å². The van der Waals surface area contributed by atoms with Gasteiger partial charge in [-0.05, 0) is 99.3 Å². The van der Waals surface area contributed by atoms with Crippen molar-refractivity contribution in [2.75, 3.05) is 33.3 Å². The van der Waals surface area contributed by atoms with Gasteiger partial charge in [0.2, 0.25) is 0 Å². The van der Waals surface area contributed by atoms with Gasteiger partial charge >= 0.3 is 0 Å². The Bertz CT molecular complexity index is 878. The summed E-state index contributed by atoms with van der Waals surface area (Å²) < 4.78 is 5.54. The number of hydrogen-bond acceptors (Lipinski definition) is 4. The first-order valence-electron chi connectivity index (χ1n) is 13.2. The van der Waals surface area contributed by atoms with Gasteiger partial charge in [0.15, 0.2) is 0 Å². The van der Waals surface area contributed by atoms with Gasteiger partial charge in [-0.25, -0.2) is 0 Å². The standard InChI is InChI=1S/C28H41N3O/c1-32-25-10-11-27-26(18-25)28-22(19-30-27)8-5-9-23(28)20-31-16-13-24(14-17-31)29-15-12-21-6-3-2-4-7-21/h10-11,18-19,21,23-24,29H,2-9,12-17,20H2,1H3. The Morgan fingerprint density at radius 3 is 2.69 bits per heavy atom. The van der Waals surface area contributed by atoms with Gasteiger partial charge in [-0.1, -0.05) is 32.1 Å². The maximum Gasteiger partial charge on any atom is 0.119 e. The third-order valence-electron chi connectivity index (χ3n) is 8.38. The Labute approximate surface area is 194 Å². The van der Waals surface area contributed by atoms with Crippen molar-refractivity contribution in [3.05, 3.63) is 35.5 Å². The number of likely N-dealkylation sites (tertiary alicyclic amines) is 1. The zero-order chi connectivity index (χ0) is 21.8. The lowest BCUT2D eigenvalue weighted by molar-refractivity contribution is 0.181. The third-order valence-corrected chi connectivity index (χ3v) is 8.38. The van der Waals surface area contributed by atoms with E-state index in [0.717, 1.165) is 23.2 Å². The van der Waals surface area contributed by atoms with Crippen molar-refractivity contribution in [1.82, 2.24) is 15.2 Å². The Morgan fingerprint density at radius 2 is 1.88 bits per heavy atom. The number of piperidine rings is 1. The first-order chi connectivity index (χ1) is 15.8. The predicted octanol–water partition coefficient (Wildman–Crippen LogP) is 5.69. The summed E-state index contributed by atoms with van der Waals surface area (Å²) >= 11 is 0. The minimum Gasteiger partial charge on any atom is -0.497 e. The number of ether oxygens (including phenoxy) is 1. The lowest BCUT2D eigenvalue weighted by Gasteiger charge is -2.37. The molecule has 1 saturated carbocycles. The average Bonchev–Trinajstić information content (AvgIpc) is 2.85. The summed E-state index contributed by atoms with van der Waals surface area (Å²) in [6, 6.07) is 7.08. The number of fused-ring (bicyclic) bond motifs is 3. The lowest BCUT2D eigenvalue weighted by atomic mass is 9.81. The second kappa shape index (κ2) is 10.5. The maximum atomic E-state index is 5.54. The number of aromatic nitrogens is 1. The van der Waals surface area contributed by atoms with Gasteiger partial charge in [0.1, 0.15) is 5.75 Å². The molecule has 1 unspecified atom stereocenters. The Hall–Kier alpha value is -1.65. The first kappa shape index (κ1) is 22.2. The van der Waals surface area contributed by atoms with Crippen molar-refractivity contribution in [2.45, 2.75) is 82.6 Å². The molecule has 0 spiro atoms.